The number of aromatic amines is 1. The molecule has 2 aromatic rings. The van der Waals surface area contributed by atoms with Crippen LogP contribution in [0.2, 0.25) is 0 Å². The molecule has 7 nitrogen and oxygen atoms in total. The number of ether oxygens (including phenoxy) is 1. The van der Waals surface area contributed by atoms with Gasteiger partial charge in [0.15, 0.2) is 0 Å². The standard InChI is InChI=1S/C20H25F3N4O3S/c21-20(22,23)31(28,29)26-10-15-5-1-4-8-19(15)27(11-16-9-24-14-25-16)17(12-26)13-30-18-6-2-3-7-18/h1,4-5,8-9,14,17-18H,2-3,6-7,10-13H2,(H,24,25)/t17-/m0/s1. The molecule has 4 rings (SSSR count). The van der Waals surface area contributed by atoms with Crippen LogP contribution in [0.3, 0.4) is 0 Å². The van der Waals surface area contributed by atoms with Gasteiger partial charge in [-0.1, -0.05) is 31.0 Å². The first-order chi connectivity index (χ1) is 14.8. The maximum Gasteiger partial charge on any atom is 0.511 e. The Hall–Kier alpha value is -2.11. The van der Waals surface area contributed by atoms with Crippen LogP contribution in [-0.4, -0.2) is 53.5 Å². The minimum Gasteiger partial charge on any atom is -0.376 e. The maximum absolute atomic E-state index is 13.4. The molecular formula is C20H25F3N4O3S. The van der Waals surface area contributed by atoms with Crippen LogP contribution in [0.15, 0.2) is 36.8 Å². The second kappa shape index (κ2) is 8.79. The van der Waals surface area contributed by atoms with E-state index < -0.39 is 21.6 Å². The molecule has 0 unspecified atom stereocenters. The van der Waals surface area contributed by atoms with E-state index in [0.29, 0.717) is 22.1 Å². The summed E-state index contributed by atoms with van der Waals surface area (Å²) in [6.45, 7) is -0.193. The molecule has 170 valence electrons. The first-order valence-corrected chi connectivity index (χ1v) is 11.7. The molecule has 0 amide bonds. The molecule has 1 aromatic heterocycles. The van der Waals surface area contributed by atoms with Gasteiger partial charge in [0.2, 0.25) is 0 Å². The number of aromatic nitrogens is 2. The van der Waals surface area contributed by atoms with E-state index >= 15 is 0 Å². The van der Waals surface area contributed by atoms with E-state index in [9.17, 15) is 21.6 Å². The van der Waals surface area contributed by atoms with Crippen LogP contribution in [0.25, 0.3) is 0 Å². The third kappa shape index (κ3) is 4.73. The van der Waals surface area contributed by atoms with Gasteiger partial charge in [-0.15, -0.1) is 0 Å². The van der Waals surface area contributed by atoms with Gasteiger partial charge in [-0.05, 0) is 24.5 Å². The fourth-order valence-electron chi connectivity index (χ4n) is 4.25. The summed E-state index contributed by atoms with van der Waals surface area (Å²) in [6, 6.07) is 6.36. The summed E-state index contributed by atoms with van der Waals surface area (Å²) < 4.78 is 71.4. The summed E-state index contributed by atoms with van der Waals surface area (Å²) in [6.07, 6.45) is 7.17. The van der Waals surface area contributed by atoms with Crippen molar-refractivity contribution in [2.75, 3.05) is 18.1 Å². The number of sulfonamides is 1. The molecule has 1 aliphatic carbocycles. The number of nitrogens with zero attached hydrogens (tertiary/aromatic N) is 3. The summed E-state index contributed by atoms with van der Waals surface area (Å²) in [5.41, 5.74) is -3.39. The third-order valence-corrected chi connectivity index (χ3v) is 7.40. The fourth-order valence-corrected chi connectivity index (χ4v) is 5.22. The number of H-pyrrole nitrogens is 1. The van der Waals surface area contributed by atoms with Crippen molar-refractivity contribution in [1.82, 2.24) is 14.3 Å². The third-order valence-electron chi connectivity index (χ3n) is 5.86. The molecule has 1 aliphatic heterocycles. The summed E-state index contributed by atoms with van der Waals surface area (Å²) in [4.78, 5) is 8.95. The lowest BCUT2D eigenvalue weighted by molar-refractivity contribution is -0.0495. The normalized spacial score (nSPS) is 21.3. The van der Waals surface area contributed by atoms with E-state index in [1.54, 1.807) is 30.5 Å². The first-order valence-electron chi connectivity index (χ1n) is 10.3. The van der Waals surface area contributed by atoms with Crippen LogP contribution in [0.4, 0.5) is 18.9 Å². The second-order valence-electron chi connectivity index (χ2n) is 7.97. The van der Waals surface area contributed by atoms with Gasteiger partial charge >= 0.3 is 15.5 Å². The van der Waals surface area contributed by atoms with Crippen LogP contribution >= 0.6 is 0 Å². The molecule has 1 atom stereocenters. The summed E-state index contributed by atoms with van der Waals surface area (Å²) in [5, 5.41) is 0. The molecule has 1 aromatic carbocycles. The molecule has 2 aliphatic rings. The van der Waals surface area contributed by atoms with E-state index in [4.69, 9.17) is 4.74 Å². The predicted molar refractivity (Wildman–Crippen MR) is 109 cm³/mol. The Kier molecular flexibility index (Phi) is 6.27. The number of rotatable bonds is 6. The lowest BCUT2D eigenvalue weighted by Crippen LogP contribution is -2.49. The van der Waals surface area contributed by atoms with Gasteiger partial charge in [-0.25, -0.2) is 13.4 Å². The van der Waals surface area contributed by atoms with Gasteiger partial charge in [0.1, 0.15) is 0 Å². The van der Waals surface area contributed by atoms with Crippen molar-refractivity contribution in [3.63, 3.8) is 0 Å². The van der Waals surface area contributed by atoms with Crippen LogP contribution in [-0.2, 0) is 27.8 Å². The van der Waals surface area contributed by atoms with E-state index in [2.05, 4.69) is 9.97 Å². The zero-order valence-corrected chi connectivity index (χ0v) is 17.7. The number of alkyl halides is 3. The van der Waals surface area contributed by atoms with Crippen molar-refractivity contribution in [2.45, 2.75) is 56.4 Å². The van der Waals surface area contributed by atoms with Crippen LogP contribution < -0.4 is 4.90 Å². The van der Waals surface area contributed by atoms with E-state index in [1.807, 2.05) is 4.90 Å². The van der Waals surface area contributed by atoms with Gasteiger partial charge in [-0.2, -0.15) is 17.5 Å². The molecular weight excluding hydrogens is 433 g/mol. The molecule has 0 bridgehead atoms. The van der Waals surface area contributed by atoms with Gasteiger partial charge in [0.25, 0.3) is 0 Å². The number of nitrogens with one attached hydrogen (secondary N) is 1. The first kappa shape index (κ1) is 22.1. The molecule has 11 heteroatoms. The van der Waals surface area contributed by atoms with Crippen molar-refractivity contribution in [1.29, 1.82) is 0 Å². The average molecular weight is 459 g/mol. The summed E-state index contributed by atoms with van der Waals surface area (Å²) in [7, 11) is -5.49. The Morgan fingerprint density at radius 1 is 1.19 bits per heavy atom. The molecule has 0 spiro atoms. The smallest absolute Gasteiger partial charge is 0.376 e. The Morgan fingerprint density at radius 2 is 1.94 bits per heavy atom. The molecule has 0 saturated heterocycles. The Morgan fingerprint density at radius 3 is 2.61 bits per heavy atom. The molecule has 2 heterocycles. The van der Waals surface area contributed by atoms with Crippen LogP contribution in [0.5, 0.6) is 0 Å². The minimum atomic E-state index is -5.49. The quantitative estimate of drug-likeness (QED) is 0.718. The van der Waals surface area contributed by atoms with E-state index in [-0.39, 0.29) is 25.8 Å². The zero-order chi connectivity index (χ0) is 22.1. The van der Waals surface area contributed by atoms with Crippen molar-refractivity contribution in [2.24, 2.45) is 0 Å². The van der Waals surface area contributed by atoms with Gasteiger partial charge < -0.3 is 14.6 Å². The number of imidazole rings is 1. The highest BCUT2D eigenvalue weighted by Crippen LogP contribution is 2.35. The fraction of sp³-hybridized carbons (Fsp3) is 0.550. The number of halogens is 3. The average Bonchev–Trinajstić information content (AvgIpc) is 3.39. The van der Waals surface area contributed by atoms with Crippen molar-refractivity contribution in [3.8, 4) is 0 Å². The van der Waals surface area contributed by atoms with E-state index in [0.717, 1.165) is 31.4 Å². The van der Waals surface area contributed by atoms with E-state index in [1.165, 1.54) is 6.33 Å². The number of hydrogen-bond acceptors (Lipinski definition) is 5. The Labute approximate surface area is 179 Å². The molecule has 1 saturated carbocycles. The van der Waals surface area contributed by atoms with Crippen molar-refractivity contribution in [3.05, 3.63) is 48.0 Å². The molecule has 0 radical (unpaired) electrons. The highest BCUT2D eigenvalue weighted by molar-refractivity contribution is 7.89. The highest BCUT2D eigenvalue weighted by Gasteiger charge is 2.51. The number of fused-ring (bicyclic) bond motifs is 1. The van der Waals surface area contributed by atoms with Crippen molar-refractivity contribution < 1.29 is 26.3 Å². The molecule has 31 heavy (non-hydrogen) atoms. The monoisotopic (exact) mass is 458 g/mol. The van der Waals surface area contributed by atoms with Gasteiger partial charge in [0.05, 0.1) is 37.3 Å². The van der Waals surface area contributed by atoms with Crippen molar-refractivity contribution >= 4 is 15.7 Å². The van der Waals surface area contributed by atoms with Crippen LogP contribution in [0.1, 0.15) is 36.9 Å². The molecule has 1 N–H and O–H groups in total. The SMILES string of the molecule is O=S(=O)(N1Cc2ccccc2N(Cc2cnc[nH]2)[C@H](COC2CCCC2)C1)C(F)(F)F. The minimum absolute atomic E-state index is 0.0557. The summed E-state index contributed by atoms with van der Waals surface area (Å²) >= 11 is 0. The largest absolute Gasteiger partial charge is 0.511 e. The zero-order valence-electron chi connectivity index (χ0n) is 16.9. The number of para-hydroxylation sites is 1. The Balaban J connectivity index is 1.70. The number of benzene rings is 1. The highest BCUT2D eigenvalue weighted by atomic mass is 32.2. The van der Waals surface area contributed by atoms with Gasteiger partial charge in [0, 0.05) is 25.0 Å². The number of hydrogen-bond donors (Lipinski definition) is 1. The summed E-state index contributed by atoms with van der Waals surface area (Å²) in [5.74, 6) is 0. The van der Waals surface area contributed by atoms with Gasteiger partial charge in [-0.3, -0.25) is 0 Å². The maximum atomic E-state index is 13.4. The lowest BCUT2D eigenvalue weighted by Gasteiger charge is -2.34. The predicted octanol–water partition coefficient (Wildman–Crippen LogP) is 3.41. The Bertz CT molecular complexity index is 976. The number of anilines is 1. The molecule has 1 fully saturated rings. The van der Waals surface area contributed by atoms with Crippen LogP contribution in [0, 0.1) is 0 Å². The lowest BCUT2D eigenvalue weighted by atomic mass is 10.1. The second-order valence-corrected chi connectivity index (χ2v) is 9.90. The topological polar surface area (TPSA) is 78.5 Å².